The molecule has 1 N–H and O–H groups in total. The Labute approximate surface area is 185 Å². The van der Waals surface area contributed by atoms with Crippen molar-refractivity contribution >= 4 is 34.1 Å². The molecular weight excluding hydrogens is 413 g/mol. The molecule has 0 unspecified atom stereocenters. The maximum atomic E-state index is 14.1. The minimum absolute atomic E-state index is 0.0795. The maximum Gasteiger partial charge on any atom is 0.274 e. The monoisotopic (exact) mass is 439 g/mol. The van der Waals surface area contributed by atoms with E-state index in [0.29, 0.717) is 66.4 Å². The number of aromatic nitrogens is 1. The predicted octanol–water partition coefficient (Wildman–Crippen LogP) is 4.49. The number of carbonyl (C=O) groups is 2. The number of aryl methyl sites for hydroxylation is 1. The number of anilines is 2. The van der Waals surface area contributed by atoms with Gasteiger partial charge in [-0.1, -0.05) is 0 Å². The average Bonchev–Trinajstić information content (AvgIpc) is 3.30. The van der Waals surface area contributed by atoms with Crippen LogP contribution >= 0.6 is 0 Å². The van der Waals surface area contributed by atoms with E-state index in [-0.39, 0.29) is 11.6 Å². The summed E-state index contributed by atoms with van der Waals surface area (Å²) in [6.45, 7) is 5.13. The molecule has 2 aromatic carbocycles. The Morgan fingerprint density at radius 1 is 1.12 bits per heavy atom. The van der Waals surface area contributed by atoms with Crippen LogP contribution in [0.4, 0.5) is 15.8 Å². The van der Waals surface area contributed by atoms with E-state index >= 15 is 0 Å². The molecule has 2 amide bonds. The third-order valence-corrected chi connectivity index (χ3v) is 5.50. The van der Waals surface area contributed by atoms with Gasteiger partial charge in [-0.3, -0.25) is 9.59 Å². The van der Waals surface area contributed by atoms with Gasteiger partial charge in [-0.25, -0.2) is 4.39 Å². The zero-order valence-electron chi connectivity index (χ0n) is 18.4. The van der Waals surface area contributed by atoms with Crippen molar-refractivity contribution in [2.24, 2.45) is 7.05 Å². The first kappa shape index (κ1) is 21.7. The molecule has 3 aromatic rings. The number of nitrogens with zero attached hydrogens (tertiary/aromatic N) is 2. The minimum Gasteiger partial charge on any atom is -0.494 e. The largest absolute Gasteiger partial charge is 0.494 e. The number of carbonyl (C=O) groups excluding carboxylic acids is 2. The van der Waals surface area contributed by atoms with E-state index in [2.05, 4.69) is 5.32 Å². The summed E-state index contributed by atoms with van der Waals surface area (Å²) in [5.74, 6) is 0.178. The molecule has 0 bridgehead atoms. The summed E-state index contributed by atoms with van der Waals surface area (Å²) in [5, 5.41) is 3.44. The SMILES string of the molecule is CCOc1ccc(OCC)c(NC(=O)c2c(N3CCCC3=O)c3cc(F)ccc3n2C)c1. The first-order valence-electron chi connectivity index (χ1n) is 10.7. The summed E-state index contributed by atoms with van der Waals surface area (Å²) in [6.07, 6.45) is 1.09. The standard InChI is InChI=1S/C24H26FN3O4/c1-4-31-16-9-11-20(32-5-2)18(14-16)26-24(30)23-22(28-12-6-7-21(28)29)17-13-15(25)8-10-19(17)27(23)3/h8-11,13-14H,4-7,12H2,1-3H3,(H,26,30). The van der Waals surface area contributed by atoms with E-state index in [9.17, 15) is 14.0 Å². The minimum atomic E-state index is -0.425. The first-order valence-corrected chi connectivity index (χ1v) is 10.7. The lowest BCUT2D eigenvalue weighted by Crippen LogP contribution is -2.27. The highest BCUT2D eigenvalue weighted by molar-refractivity contribution is 6.17. The number of hydrogen-bond donors (Lipinski definition) is 1. The van der Waals surface area contributed by atoms with Gasteiger partial charge in [-0.05, 0) is 50.6 Å². The molecule has 7 nitrogen and oxygen atoms in total. The number of benzene rings is 2. The summed E-state index contributed by atoms with van der Waals surface area (Å²) >= 11 is 0. The Morgan fingerprint density at radius 2 is 1.91 bits per heavy atom. The highest BCUT2D eigenvalue weighted by atomic mass is 19.1. The molecule has 0 spiro atoms. The Hall–Kier alpha value is -3.55. The molecule has 8 heteroatoms. The molecule has 4 rings (SSSR count). The number of nitrogens with one attached hydrogen (secondary N) is 1. The zero-order chi connectivity index (χ0) is 22.8. The normalized spacial score (nSPS) is 13.6. The number of ether oxygens (including phenoxy) is 2. The quantitative estimate of drug-likeness (QED) is 0.589. The van der Waals surface area contributed by atoms with E-state index < -0.39 is 11.7 Å². The highest BCUT2D eigenvalue weighted by Gasteiger charge is 2.31. The summed E-state index contributed by atoms with van der Waals surface area (Å²) < 4.78 is 27.0. The maximum absolute atomic E-state index is 14.1. The van der Waals surface area contributed by atoms with Gasteiger partial charge in [0.15, 0.2) is 0 Å². The van der Waals surface area contributed by atoms with Gasteiger partial charge in [-0.2, -0.15) is 0 Å². The number of fused-ring (bicyclic) bond motifs is 1. The van der Waals surface area contributed by atoms with Gasteiger partial charge < -0.3 is 24.3 Å². The van der Waals surface area contributed by atoms with Crippen molar-refractivity contribution in [3.63, 3.8) is 0 Å². The van der Waals surface area contributed by atoms with Crippen molar-refractivity contribution in [1.82, 2.24) is 4.57 Å². The number of rotatable bonds is 7. The number of halogens is 1. The molecule has 2 heterocycles. The van der Waals surface area contributed by atoms with Gasteiger partial charge >= 0.3 is 0 Å². The second-order valence-corrected chi connectivity index (χ2v) is 7.54. The van der Waals surface area contributed by atoms with Crippen LogP contribution in [0.2, 0.25) is 0 Å². The van der Waals surface area contributed by atoms with Crippen molar-refractivity contribution in [1.29, 1.82) is 0 Å². The van der Waals surface area contributed by atoms with Crippen molar-refractivity contribution < 1.29 is 23.5 Å². The second kappa shape index (κ2) is 8.90. The topological polar surface area (TPSA) is 72.8 Å². The molecule has 0 aliphatic carbocycles. The van der Waals surface area contributed by atoms with E-state index in [1.807, 2.05) is 13.8 Å². The summed E-state index contributed by atoms with van der Waals surface area (Å²) in [6, 6.07) is 9.55. The smallest absolute Gasteiger partial charge is 0.274 e. The Bertz CT molecular complexity index is 1190. The van der Waals surface area contributed by atoms with Crippen LogP contribution in [0.3, 0.4) is 0 Å². The van der Waals surface area contributed by atoms with E-state index in [1.165, 1.54) is 12.1 Å². The molecule has 1 fully saturated rings. The third kappa shape index (κ3) is 3.88. The highest BCUT2D eigenvalue weighted by Crippen LogP contribution is 2.38. The van der Waals surface area contributed by atoms with Gasteiger partial charge in [0.05, 0.1) is 30.1 Å². The zero-order valence-corrected chi connectivity index (χ0v) is 18.4. The molecule has 168 valence electrons. The van der Waals surface area contributed by atoms with Crippen LogP contribution < -0.4 is 19.7 Å². The average molecular weight is 439 g/mol. The molecule has 1 saturated heterocycles. The van der Waals surface area contributed by atoms with Crippen LogP contribution in [0.5, 0.6) is 11.5 Å². The van der Waals surface area contributed by atoms with Gasteiger partial charge in [0.2, 0.25) is 5.91 Å². The van der Waals surface area contributed by atoms with E-state index in [1.54, 1.807) is 40.8 Å². The number of hydrogen-bond acceptors (Lipinski definition) is 4. The Balaban J connectivity index is 1.82. The summed E-state index contributed by atoms with van der Waals surface area (Å²) in [5.41, 5.74) is 1.84. The molecular formula is C24H26FN3O4. The van der Waals surface area contributed by atoms with Crippen LogP contribution in [-0.2, 0) is 11.8 Å². The number of amides is 2. The Morgan fingerprint density at radius 3 is 2.59 bits per heavy atom. The van der Waals surface area contributed by atoms with Crippen LogP contribution in [-0.4, -0.2) is 36.1 Å². The fourth-order valence-corrected chi connectivity index (χ4v) is 4.14. The van der Waals surface area contributed by atoms with Crippen molar-refractivity contribution in [2.75, 3.05) is 30.0 Å². The van der Waals surface area contributed by atoms with Gasteiger partial charge in [-0.15, -0.1) is 0 Å². The Kier molecular flexibility index (Phi) is 6.03. The van der Waals surface area contributed by atoms with Crippen LogP contribution in [0.1, 0.15) is 37.2 Å². The molecule has 0 radical (unpaired) electrons. The lowest BCUT2D eigenvalue weighted by molar-refractivity contribution is -0.117. The second-order valence-electron chi connectivity index (χ2n) is 7.54. The van der Waals surface area contributed by atoms with Gasteiger partial charge in [0.25, 0.3) is 5.91 Å². The lowest BCUT2D eigenvalue weighted by Gasteiger charge is -2.19. The van der Waals surface area contributed by atoms with Crippen LogP contribution in [0, 0.1) is 5.82 Å². The summed E-state index contributed by atoms with van der Waals surface area (Å²) in [7, 11) is 1.74. The molecule has 1 aromatic heterocycles. The summed E-state index contributed by atoms with van der Waals surface area (Å²) in [4.78, 5) is 27.7. The van der Waals surface area contributed by atoms with Crippen molar-refractivity contribution in [3.05, 3.63) is 47.9 Å². The van der Waals surface area contributed by atoms with Crippen LogP contribution in [0.25, 0.3) is 10.9 Å². The predicted molar refractivity (Wildman–Crippen MR) is 121 cm³/mol. The van der Waals surface area contributed by atoms with Crippen molar-refractivity contribution in [3.8, 4) is 11.5 Å². The van der Waals surface area contributed by atoms with E-state index in [4.69, 9.17) is 9.47 Å². The van der Waals surface area contributed by atoms with Crippen molar-refractivity contribution in [2.45, 2.75) is 26.7 Å². The molecule has 0 saturated carbocycles. The fraction of sp³-hybridized carbons (Fsp3) is 0.333. The third-order valence-electron chi connectivity index (χ3n) is 5.50. The van der Waals surface area contributed by atoms with E-state index in [0.717, 1.165) is 0 Å². The molecule has 1 aliphatic heterocycles. The van der Waals surface area contributed by atoms with Gasteiger partial charge in [0, 0.05) is 31.5 Å². The molecule has 1 aliphatic rings. The molecule has 32 heavy (non-hydrogen) atoms. The fourth-order valence-electron chi connectivity index (χ4n) is 4.14. The van der Waals surface area contributed by atoms with Gasteiger partial charge in [0.1, 0.15) is 23.0 Å². The van der Waals surface area contributed by atoms with Crippen LogP contribution in [0.15, 0.2) is 36.4 Å². The lowest BCUT2D eigenvalue weighted by atomic mass is 10.2. The molecule has 0 atom stereocenters. The first-order chi connectivity index (χ1) is 15.4.